The lowest BCUT2D eigenvalue weighted by Gasteiger charge is -2.19. The number of carbonyl (C=O) groups excluding carboxylic acids is 1. The van der Waals surface area contributed by atoms with Gasteiger partial charge >= 0.3 is 6.03 Å². The Balaban J connectivity index is 1.67. The molecular formula is C20H36N2O. The number of hydrogen-bond donors (Lipinski definition) is 2. The van der Waals surface area contributed by atoms with Gasteiger partial charge in [0, 0.05) is 12.2 Å². The lowest BCUT2D eigenvalue weighted by atomic mass is 9.98. The van der Waals surface area contributed by atoms with Crippen molar-refractivity contribution in [3.63, 3.8) is 0 Å². The van der Waals surface area contributed by atoms with Crippen molar-refractivity contribution in [2.24, 2.45) is 5.92 Å². The Morgan fingerprint density at radius 2 is 1.17 bits per heavy atom. The molecule has 2 N–H and O–H groups in total. The minimum atomic E-state index is -0.0173. The van der Waals surface area contributed by atoms with Crippen molar-refractivity contribution in [2.45, 2.75) is 102 Å². The molecule has 2 aliphatic carbocycles. The van der Waals surface area contributed by atoms with Crippen molar-refractivity contribution in [1.82, 2.24) is 10.6 Å². The summed E-state index contributed by atoms with van der Waals surface area (Å²) in [6.07, 6.45) is 23.6. The molecule has 0 heterocycles. The largest absolute Gasteiger partial charge is 0.335 e. The second kappa shape index (κ2) is 11.5. The second-order valence-corrected chi connectivity index (χ2v) is 7.48. The summed E-state index contributed by atoms with van der Waals surface area (Å²) in [6, 6.07) is 0.339. The fourth-order valence-electron chi connectivity index (χ4n) is 3.94. The standard InChI is InChI=1S/C20H36N2O/c23-20(21-17-16-18-12-10-11-13-18)22-19-14-8-6-4-2-1-3-5-7-9-15-19/h16-19H,1-15H2,(H2,21,22,23)/b17-16+. The van der Waals surface area contributed by atoms with Crippen LogP contribution in [0.2, 0.25) is 0 Å². The molecule has 23 heavy (non-hydrogen) atoms. The van der Waals surface area contributed by atoms with Crippen LogP contribution < -0.4 is 10.6 Å². The molecule has 0 radical (unpaired) electrons. The zero-order valence-corrected chi connectivity index (χ0v) is 14.8. The van der Waals surface area contributed by atoms with Crippen molar-refractivity contribution in [3.05, 3.63) is 12.3 Å². The van der Waals surface area contributed by atoms with E-state index in [-0.39, 0.29) is 6.03 Å². The van der Waals surface area contributed by atoms with Crippen LogP contribution in [0, 0.1) is 5.92 Å². The van der Waals surface area contributed by atoms with E-state index < -0.39 is 0 Å². The van der Waals surface area contributed by atoms with Crippen LogP contribution in [0.5, 0.6) is 0 Å². The fourth-order valence-corrected chi connectivity index (χ4v) is 3.94. The second-order valence-electron chi connectivity index (χ2n) is 7.48. The third-order valence-corrected chi connectivity index (χ3v) is 5.42. The lowest BCUT2D eigenvalue weighted by Crippen LogP contribution is -2.40. The van der Waals surface area contributed by atoms with Gasteiger partial charge in [0.05, 0.1) is 0 Å². The minimum Gasteiger partial charge on any atom is -0.335 e. The van der Waals surface area contributed by atoms with Crippen molar-refractivity contribution >= 4 is 6.03 Å². The van der Waals surface area contributed by atoms with E-state index in [0.29, 0.717) is 12.0 Å². The van der Waals surface area contributed by atoms with Gasteiger partial charge in [-0.2, -0.15) is 0 Å². The molecule has 3 heteroatoms. The van der Waals surface area contributed by atoms with Crippen LogP contribution in [0.25, 0.3) is 0 Å². The molecule has 0 spiro atoms. The van der Waals surface area contributed by atoms with Crippen LogP contribution in [0.15, 0.2) is 12.3 Å². The Morgan fingerprint density at radius 1 is 0.696 bits per heavy atom. The molecule has 0 aromatic rings. The number of allylic oxidation sites excluding steroid dienone is 1. The summed E-state index contributed by atoms with van der Waals surface area (Å²) in [7, 11) is 0. The van der Waals surface area contributed by atoms with Crippen LogP contribution in [0.3, 0.4) is 0 Å². The maximum absolute atomic E-state index is 12.1. The van der Waals surface area contributed by atoms with Crippen molar-refractivity contribution in [3.8, 4) is 0 Å². The zero-order chi connectivity index (χ0) is 16.2. The number of rotatable bonds is 3. The van der Waals surface area contributed by atoms with E-state index in [1.165, 1.54) is 83.5 Å². The SMILES string of the molecule is O=C(N/C=C/C1CCCC1)NC1CCCCCCCCCCC1. The monoisotopic (exact) mass is 320 g/mol. The molecule has 132 valence electrons. The molecule has 0 unspecified atom stereocenters. The van der Waals surface area contributed by atoms with Crippen molar-refractivity contribution in [1.29, 1.82) is 0 Å². The van der Waals surface area contributed by atoms with Gasteiger partial charge in [-0.3, -0.25) is 0 Å². The Morgan fingerprint density at radius 3 is 1.74 bits per heavy atom. The summed E-state index contributed by atoms with van der Waals surface area (Å²) < 4.78 is 0. The molecule has 0 aliphatic heterocycles. The molecule has 0 bridgehead atoms. The van der Waals surface area contributed by atoms with E-state index in [2.05, 4.69) is 16.7 Å². The average molecular weight is 321 g/mol. The van der Waals surface area contributed by atoms with E-state index in [1.54, 1.807) is 0 Å². The molecule has 0 atom stereocenters. The summed E-state index contributed by atoms with van der Waals surface area (Å²) in [4.78, 5) is 12.1. The first-order chi connectivity index (χ1) is 11.3. The highest BCUT2D eigenvalue weighted by Gasteiger charge is 2.13. The van der Waals surface area contributed by atoms with Gasteiger partial charge in [0.1, 0.15) is 0 Å². The van der Waals surface area contributed by atoms with Gasteiger partial charge in [-0.15, -0.1) is 0 Å². The molecule has 2 amide bonds. The quantitative estimate of drug-likeness (QED) is 0.692. The molecule has 0 saturated heterocycles. The molecule has 0 aromatic carbocycles. The first-order valence-corrected chi connectivity index (χ1v) is 10.1. The zero-order valence-electron chi connectivity index (χ0n) is 14.8. The van der Waals surface area contributed by atoms with E-state index in [9.17, 15) is 4.79 Å². The maximum atomic E-state index is 12.1. The molecular weight excluding hydrogens is 284 g/mol. The van der Waals surface area contributed by atoms with Crippen molar-refractivity contribution in [2.75, 3.05) is 0 Å². The highest BCUT2D eigenvalue weighted by Crippen LogP contribution is 2.25. The van der Waals surface area contributed by atoms with Gasteiger partial charge in [-0.25, -0.2) is 4.79 Å². The van der Waals surface area contributed by atoms with Gasteiger partial charge in [-0.05, 0) is 31.6 Å². The van der Waals surface area contributed by atoms with Crippen LogP contribution in [0.4, 0.5) is 4.79 Å². The van der Waals surface area contributed by atoms with Crippen molar-refractivity contribution < 1.29 is 4.79 Å². The summed E-state index contributed by atoms with van der Waals surface area (Å²) in [5.74, 6) is 0.677. The van der Waals surface area contributed by atoms with E-state index in [0.717, 1.165) is 12.8 Å². The van der Waals surface area contributed by atoms with Gasteiger partial charge in [-0.1, -0.05) is 76.7 Å². The van der Waals surface area contributed by atoms with Gasteiger partial charge in [0.15, 0.2) is 0 Å². The van der Waals surface area contributed by atoms with E-state index >= 15 is 0 Å². The molecule has 2 aliphatic rings. The van der Waals surface area contributed by atoms with Crippen LogP contribution in [0.1, 0.15) is 96.3 Å². The van der Waals surface area contributed by atoms with Gasteiger partial charge in [0.2, 0.25) is 0 Å². The number of urea groups is 1. The van der Waals surface area contributed by atoms with Gasteiger partial charge < -0.3 is 10.6 Å². The fraction of sp³-hybridized carbons (Fsp3) is 0.850. The van der Waals surface area contributed by atoms with E-state index in [1.807, 2.05) is 6.20 Å². The number of carbonyl (C=O) groups is 1. The average Bonchev–Trinajstić information content (AvgIpc) is 3.03. The normalized spacial score (nSPS) is 23.3. The molecule has 0 aromatic heterocycles. The Labute approximate surface area is 142 Å². The third kappa shape index (κ3) is 8.43. The smallest absolute Gasteiger partial charge is 0.318 e. The van der Waals surface area contributed by atoms with Crippen LogP contribution >= 0.6 is 0 Å². The van der Waals surface area contributed by atoms with Gasteiger partial charge in [0.25, 0.3) is 0 Å². The third-order valence-electron chi connectivity index (χ3n) is 5.42. The number of amides is 2. The van der Waals surface area contributed by atoms with Crippen LogP contribution in [-0.2, 0) is 0 Å². The van der Waals surface area contributed by atoms with Crippen LogP contribution in [-0.4, -0.2) is 12.1 Å². The first kappa shape index (κ1) is 18.4. The molecule has 2 fully saturated rings. The summed E-state index contributed by atoms with van der Waals surface area (Å²) in [5.41, 5.74) is 0. The first-order valence-electron chi connectivity index (χ1n) is 10.1. The maximum Gasteiger partial charge on any atom is 0.318 e. The predicted molar refractivity (Wildman–Crippen MR) is 97.3 cm³/mol. The number of nitrogens with one attached hydrogen (secondary N) is 2. The highest BCUT2D eigenvalue weighted by atomic mass is 16.2. The number of hydrogen-bond acceptors (Lipinski definition) is 1. The molecule has 2 rings (SSSR count). The Bertz CT molecular complexity index is 336. The Hall–Kier alpha value is -0.990. The molecule has 2 saturated carbocycles. The predicted octanol–water partition coefficient (Wildman–Crippen LogP) is 5.66. The molecule has 3 nitrogen and oxygen atoms in total. The minimum absolute atomic E-state index is 0.0173. The lowest BCUT2D eigenvalue weighted by molar-refractivity contribution is 0.237. The Kier molecular flexibility index (Phi) is 9.20. The summed E-state index contributed by atoms with van der Waals surface area (Å²) in [6.45, 7) is 0. The summed E-state index contributed by atoms with van der Waals surface area (Å²) in [5, 5.41) is 6.11. The summed E-state index contributed by atoms with van der Waals surface area (Å²) >= 11 is 0. The van der Waals surface area contributed by atoms with E-state index in [4.69, 9.17) is 0 Å². The highest BCUT2D eigenvalue weighted by molar-refractivity contribution is 5.75. The topological polar surface area (TPSA) is 41.1 Å².